The van der Waals surface area contributed by atoms with Crippen molar-refractivity contribution >= 4 is 21.8 Å². The van der Waals surface area contributed by atoms with Crippen LogP contribution >= 0.6 is 0 Å². The van der Waals surface area contributed by atoms with Crippen LogP contribution in [0.2, 0.25) is 0 Å². The number of hydrogen-bond acceptors (Lipinski definition) is 5. The van der Waals surface area contributed by atoms with Gasteiger partial charge < -0.3 is 9.72 Å². The van der Waals surface area contributed by atoms with Gasteiger partial charge in [-0.3, -0.25) is 4.72 Å². The molecule has 124 valence electrons. The highest BCUT2D eigenvalue weighted by Gasteiger charge is 2.27. The zero-order valence-electron chi connectivity index (χ0n) is 13.4. The molecule has 2 aromatic rings. The zero-order chi connectivity index (χ0) is 17.2. The number of aromatic nitrogens is 2. The van der Waals surface area contributed by atoms with Crippen molar-refractivity contribution in [2.45, 2.75) is 32.6 Å². The van der Waals surface area contributed by atoms with Gasteiger partial charge in [-0.25, -0.2) is 18.2 Å². The molecule has 0 aliphatic rings. The fourth-order valence-electron chi connectivity index (χ4n) is 2.26. The molecule has 8 heteroatoms. The van der Waals surface area contributed by atoms with Crippen LogP contribution in [0.25, 0.3) is 0 Å². The van der Waals surface area contributed by atoms with Gasteiger partial charge in [0, 0.05) is 17.5 Å². The first-order valence-electron chi connectivity index (χ1n) is 7.08. The van der Waals surface area contributed by atoms with E-state index in [1.165, 1.54) is 0 Å². The van der Waals surface area contributed by atoms with Crippen molar-refractivity contribution < 1.29 is 17.9 Å². The van der Waals surface area contributed by atoms with Crippen LogP contribution in [0.3, 0.4) is 0 Å². The Bertz CT molecular complexity index is 823. The van der Waals surface area contributed by atoms with Crippen molar-refractivity contribution in [3.05, 3.63) is 40.8 Å². The van der Waals surface area contributed by atoms with E-state index in [-0.39, 0.29) is 23.0 Å². The molecule has 7 nitrogen and oxygen atoms in total. The molecule has 0 atom stereocenters. The van der Waals surface area contributed by atoms with Gasteiger partial charge in [0.1, 0.15) is 16.4 Å². The Kier molecular flexibility index (Phi) is 4.74. The number of nitrogens with zero attached hydrogens (tertiary/aromatic N) is 1. The molecular formula is C15H19N3O4S. The summed E-state index contributed by atoms with van der Waals surface area (Å²) >= 11 is 0. The lowest BCUT2D eigenvalue weighted by molar-refractivity contribution is 0.0519. The molecular weight excluding hydrogens is 318 g/mol. The highest BCUT2D eigenvalue weighted by atomic mass is 32.2. The SMILES string of the molecule is CCOC(=O)c1[nH]c(C)c(S(=O)(=O)Nc2ccc(C)cn2)c1C. The molecule has 2 aromatic heterocycles. The Morgan fingerprint density at radius 2 is 2.00 bits per heavy atom. The van der Waals surface area contributed by atoms with Gasteiger partial charge in [0.2, 0.25) is 0 Å². The van der Waals surface area contributed by atoms with Gasteiger partial charge >= 0.3 is 5.97 Å². The smallest absolute Gasteiger partial charge is 0.355 e. The van der Waals surface area contributed by atoms with E-state index in [2.05, 4.69) is 14.7 Å². The van der Waals surface area contributed by atoms with Gasteiger partial charge in [-0.15, -0.1) is 0 Å². The predicted octanol–water partition coefficient (Wildman–Crippen LogP) is 2.31. The van der Waals surface area contributed by atoms with E-state index < -0.39 is 16.0 Å². The van der Waals surface area contributed by atoms with Crippen LogP contribution in [-0.2, 0) is 14.8 Å². The van der Waals surface area contributed by atoms with E-state index in [1.807, 2.05) is 6.92 Å². The highest BCUT2D eigenvalue weighted by molar-refractivity contribution is 7.92. The number of H-pyrrole nitrogens is 1. The van der Waals surface area contributed by atoms with E-state index in [0.717, 1.165) is 5.56 Å². The normalized spacial score (nSPS) is 11.3. The van der Waals surface area contributed by atoms with Crippen molar-refractivity contribution in [3.63, 3.8) is 0 Å². The quantitative estimate of drug-likeness (QED) is 0.815. The number of nitrogens with one attached hydrogen (secondary N) is 2. The third kappa shape index (κ3) is 3.53. The van der Waals surface area contributed by atoms with Crippen molar-refractivity contribution in [3.8, 4) is 0 Å². The van der Waals surface area contributed by atoms with E-state index in [0.29, 0.717) is 11.3 Å². The first-order valence-corrected chi connectivity index (χ1v) is 8.56. The Morgan fingerprint density at radius 1 is 1.30 bits per heavy atom. The van der Waals surface area contributed by atoms with Crippen molar-refractivity contribution in [1.82, 2.24) is 9.97 Å². The number of hydrogen-bond donors (Lipinski definition) is 2. The average Bonchev–Trinajstić information content (AvgIpc) is 2.77. The highest BCUT2D eigenvalue weighted by Crippen LogP contribution is 2.25. The summed E-state index contributed by atoms with van der Waals surface area (Å²) in [6, 6.07) is 3.34. The molecule has 0 radical (unpaired) electrons. The molecule has 0 aromatic carbocycles. The lowest BCUT2D eigenvalue weighted by atomic mass is 10.2. The number of rotatable bonds is 5. The predicted molar refractivity (Wildman–Crippen MR) is 86.0 cm³/mol. The minimum atomic E-state index is -3.87. The van der Waals surface area contributed by atoms with Crippen LogP contribution < -0.4 is 4.72 Å². The summed E-state index contributed by atoms with van der Waals surface area (Å²) in [6.45, 7) is 6.91. The fraction of sp³-hybridized carbons (Fsp3) is 0.333. The summed E-state index contributed by atoms with van der Waals surface area (Å²) in [5, 5.41) is 0. The van der Waals surface area contributed by atoms with Gasteiger partial charge in [0.15, 0.2) is 0 Å². The molecule has 2 rings (SSSR count). The summed E-state index contributed by atoms with van der Waals surface area (Å²) < 4.78 is 32.5. The molecule has 23 heavy (non-hydrogen) atoms. The van der Waals surface area contributed by atoms with Crippen molar-refractivity contribution in [2.75, 3.05) is 11.3 Å². The summed E-state index contributed by atoms with van der Waals surface area (Å²) in [5.41, 5.74) is 1.75. The minimum absolute atomic E-state index is 0.0305. The Balaban J connectivity index is 2.40. The van der Waals surface area contributed by atoms with Crippen LogP contribution in [0.15, 0.2) is 23.2 Å². The monoisotopic (exact) mass is 337 g/mol. The number of carbonyl (C=O) groups excluding carboxylic acids is 1. The molecule has 0 bridgehead atoms. The molecule has 2 N–H and O–H groups in total. The van der Waals surface area contributed by atoms with E-state index >= 15 is 0 Å². The van der Waals surface area contributed by atoms with Gasteiger partial charge in [0.05, 0.1) is 6.61 Å². The standard InChI is InChI=1S/C15H19N3O4S/c1-5-22-15(19)13-10(3)14(11(4)17-13)23(20,21)18-12-7-6-9(2)8-16-12/h6-8,17H,5H2,1-4H3,(H,16,18). The zero-order valence-corrected chi connectivity index (χ0v) is 14.2. The second kappa shape index (κ2) is 6.41. The Morgan fingerprint density at radius 3 is 2.57 bits per heavy atom. The van der Waals surface area contributed by atoms with Crippen LogP contribution in [-0.4, -0.2) is 31.0 Å². The molecule has 0 amide bonds. The molecule has 0 saturated heterocycles. The van der Waals surface area contributed by atoms with Gasteiger partial charge in [-0.1, -0.05) is 6.07 Å². The van der Waals surface area contributed by atoms with Crippen molar-refractivity contribution in [1.29, 1.82) is 0 Å². The van der Waals surface area contributed by atoms with Gasteiger partial charge in [-0.05, 0) is 39.3 Å². The topological polar surface area (TPSA) is 101 Å². The van der Waals surface area contributed by atoms with Gasteiger partial charge in [-0.2, -0.15) is 0 Å². The van der Waals surface area contributed by atoms with Crippen LogP contribution in [0, 0.1) is 20.8 Å². The molecule has 0 spiro atoms. The number of sulfonamides is 1. The number of carbonyl (C=O) groups is 1. The van der Waals surface area contributed by atoms with Crippen LogP contribution in [0.4, 0.5) is 5.82 Å². The average molecular weight is 337 g/mol. The number of ether oxygens (including phenoxy) is 1. The fourth-order valence-corrected chi connectivity index (χ4v) is 3.72. The lowest BCUT2D eigenvalue weighted by Crippen LogP contribution is -2.15. The molecule has 0 unspecified atom stereocenters. The summed E-state index contributed by atoms with van der Waals surface area (Å²) in [6.07, 6.45) is 1.57. The summed E-state index contributed by atoms with van der Waals surface area (Å²) in [7, 11) is -3.87. The summed E-state index contributed by atoms with van der Waals surface area (Å²) in [5.74, 6) is -0.365. The first-order chi connectivity index (χ1) is 10.8. The van der Waals surface area contributed by atoms with E-state index in [1.54, 1.807) is 39.1 Å². The molecule has 0 saturated carbocycles. The van der Waals surface area contributed by atoms with Gasteiger partial charge in [0.25, 0.3) is 10.0 Å². The van der Waals surface area contributed by atoms with E-state index in [4.69, 9.17) is 4.74 Å². The summed E-state index contributed by atoms with van der Waals surface area (Å²) in [4.78, 5) is 18.7. The Labute approximate surface area is 135 Å². The number of aromatic amines is 1. The minimum Gasteiger partial charge on any atom is -0.461 e. The molecule has 0 aliphatic heterocycles. The van der Waals surface area contributed by atoms with Crippen LogP contribution in [0.1, 0.15) is 34.2 Å². The third-order valence-corrected chi connectivity index (χ3v) is 4.89. The third-order valence-electron chi connectivity index (χ3n) is 3.27. The number of anilines is 1. The number of aryl methyl sites for hydroxylation is 2. The largest absolute Gasteiger partial charge is 0.461 e. The number of esters is 1. The second-order valence-corrected chi connectivity index (χ2v) is 6.75. The molecule has 0 aliphatic carbocycles. The van der Waals surface area contributed by atoms with E-state index in [9.17, 15) is 13.2 Å². The maximum Gasteiger partial charge on any atom is 0.355 e. The maximum atomic E-state index is 12.6. The Hall–Kier alpha value is -2.35. The second-order valence-electron chi connectivity index (χ2n) is 5.13. The van der Waals surface area contributed by atoms with Crippen molar-refractivity contribution in [2.24, 2.45) is 0 Å². The lowest BCUT2D eigenvalue weighted by Gasteiger charge is -2.08. The molecule has 2 heterocycles. The van der Waals surface area contributed by atoms with Crippen LogP contribution in [0.5, 0.6) is 0 Å². The number of pyridine rings is 1. The first kappa shape index (κ1) is 17.0. The molecule has 0 fully saturated rings. The maximum absolute atomic E-state index is 12.6.